The van der Waals surface area contributed by atoms with Crippen LogP contribution < -0.4 is 5.32 Å². The first-order valence-electron chi connectivity index (χ1n) is 6.31. The summed E-state index contributed by atoms with van der Waals surface area (Å²) in [5, 5.41) is 4.57. The molecule has 0 saturated heterocycles. The normalized spacial score (nSPS) is 10.7. The average molecular weight is 335 g/mol. The van der Waals surface area contributed by atoms with Gasteiger partial charge in [-0.25, -0.2) is 0 Å². The first-order valence-corrected chi connectivity index (χ1v) is 7.06. The lowest BCUT2D eigenvalue weighted by molar-refractivity contribution is 0.472. The Morgan fingerprint density at radius 2 is 1.90 bits per heavy atom. The molecule has 1 N–H and O–H groups in total. The van der Waals surface area contributed by atoms with Gasteiger partial charge < -0.3 is 9.73 Å². The Balaban J connectivity index is 0.00000200. The molecule has 0 bridgehead atoms. The van der Waals surface area contributed by atoms with Crippen molar-refractivity contribution < 1.29 is 4.42 Å². The minimum Gasteiger partial charge on any atom is -0.460 e. The van der Waals surface area contributed by atoms with Crippen molar-refractivity contribution in [2.45, 2.75) is 20.4 Å². The molecule has 0 atom stereocenters. The van der Waals surface area contributed by atoms with E-state index < -0.39 is 0 Å². The van der Waals surface area contributed by atoms with Crippen LogP contribution in [0, 0.1) is 5.92 Å². The van der Waals surface area contributed by atoms with Gasteiger partial charge in [0.25, 0.3) is 0 Å². The van der Waals surface area contributed by atoms with E-state index in [1.807, 2.05) is 24.3 Å². The van der Waals surface area contributed by atoms with Crippen LogP contribution in [0.4, 0.5) is 0 Å². The van der Waals surface area contributed by atoms with E-state index in [-0.39, 0.29) is 12.4 Å². The zero-order valence-corrected chi connectivity index (χ0v) is 13.8. The lowest BCUT2D eigenvalue weighted by atomic mass is 10.2. The highest BCUT2D eigenvalue weighted by molar-refractivity contribution is 6.36. The van der Waals surface area contributed by atoms with Gasteiger partial charge in [0, 0.05) is 10.6 Å². The Labute approximate surface area is 135 Å². The van der Waals surface area contributed by atoms with Crippen molar-refractivity contribution in [1.82, 2.24) is 5.32 Å². The number of nitrogens with one attached hydrogen (secondary N) is 1. The zero-order valence-electron chi connectivity index (χ0n) is 11.5. The summed E-state index contributed by atoms with van der Waals surface area (Å²) in [4.78, 5) is 0. The maximum atomic E-state index is 6.16. The first kappa shape index (κ1) is 17.4. The van der Waals surface area contributed by atoms with Gasteiger partial charge in [-0.05, 0) is 42.8 Å². The van der Waals surface area contributed by atoms with Gasteiger partial charge >= 0.3 is 0 Å². The van der Waals surface area contributed by atoms with Gasteiger partial charge in [-0.2, -0.15) is 0 Å². The molecule has 0 aliphatic carbocycles. The topological polar surface area (TPSA) is 25.2 Å². The lowest BCUT2D eigenvalue weighted by Crippen LogP contribution is -2.18. The van der Waals surface area contributed by atoms with Crippen molar-refractivity contribution in [2.24, 2.45) is 5.92 Å². The van der Waals surface area contributed by atoms with E-state index in [0.717, 1.165) is 30.2 Å². The van der Waals surface area contributed by atoms with Gasteiger partial charge in [-0.3, -0.25) is 0 Å². The third-order valence-electron chi connectivity index (χ3n) is 2.71. The van der Waals surface area contributed by atoms with Crippen LogP contribution in [0.1, 0.15) is 19.6 Å². The van der Waals surface area contributed by atoms with Crippen LogP contribution in [0.25, 0.3) is 11.3 Å². The van der Waals surface area contributed by atoms with Crippen LogP contribution in [-0.2, 0) is 6.54 Å². The summed E-state index contributed by atoms with van der Waals surface area (Å²) < 4.78 is 5.78. The number of halogens is 3. The molecule has 0 unspecified atom stereocenters. The predicted octanol–water partition coefficient (Wildman–Crippen LogP) is 5.42. The molecule has 110 valence electrons. The largest absolute Gasteiger partial charge is 0.460 e. The standard InChI is InChI=1S/C15H17Cl2NO.ClH/c1-10(2)8-18-9-12-4-6-15(19-12)13-5-3-11(16)7-14(13)17;/h3-7,10,18H,8-9H2,1-2H3;1H. The number of benzene rings is 1. The van der Waals surface area contributed by atoms with Crippen LogP contribution in [0.5, 0.6) is 0 Å². The Morgan fingerprint density at radius 3 is 2.55 bits per heavy atom. The SMILES string of the molecule is CC(C)CNCc1ccc(-c2ccc(Cl)cc2Cl)o1.Cl. The van der Waals surface area contributed by atoms with E-state index in [1.165, 1.54) is 0 Å². The first-order chi connectivity index (χ1) is 9.06. The number of furan rings is 1. The van der Waals surface area contributed by atoms with E-state index in [1.54, 1.807) is 6.07 Å². The van der Waals surface area contributed by atoms with Gasteiger partial charge in [0.1, 0.15) is 11.5 Å². The highest BCUT2D eigenvalue weighted by Gasteiger charge is 2.09. The second-order valence-electron chi connectivity index (χ2n) is 4.91. The summed E-state index contributed by atoms with van der Waals surface area (Å²) in [6.45, 7) is 6.04. The second-order valence-corrected chi connectivity index (χ2v) is 5.76. The van der Waals surface area contributed by atoms with Gasteiger partial charge in [0.2, 0.25) is 0 Å². The number of hydrogen-bond acceptors (Lipinski definition) is 2. The molecule has 0 radical (unpaired) electrons. The van der Waals surface area contributed by atoms with Crippen molar-refractivity contribution in [3.8, 4) is 11.3 Å². The van der Waals surface area contributed by atoms with Crippen molar-refractivity contribution in [1.29, 1.82) is 0 Å². The third-order valence-corrected chi connectivity index (χ3v) is 3.26. The zero-order chi connectivity index (χ0) is 13.8. The fourth-order valence-corrected chi connectivity index (χ4v) is 2.29. The molecule has 2 nitrogen and oxygen atoms in total. The molecule has 1 aromatic heterocycles. The number of rotatable bonds is 5. The summed E-state index contributed by atoms with van der Waals surface area (Å²) in [7, 11) is 0. The molecule has 0 aliphatic heterocycles. The molecule has 20 heavy (non-hydrogen) atoms. The minimum atomic E-state index is 0. The molecule has 0 saturated carbocycles. The Hall–Kier alpha value is -0.670. The Morgan fingerprint density at radius 1 is 1.15 bits per heavy atom. The summed E-state index contributed by atoms with van der Waals surface area (Å²) in [6, 6.07) is 9.30. The monoisotopic (exact) mass is 333 g/mol. The maximum absolute atomic E-state index is 6.16. The van der Waals surface area contributed by atoms with E-state index in [0.29, 0.717) is 16.0 Å². The molecular formula is C15H18Cl3NO. The smallest absolute Gasteiger partial charge is 0.135 e. The molecule has 1 heterocycles. The molecule has 0 fully saturated rings. The van der Waals surface area contributed by atoms with Crippen molar-refractivity contribution in [2.75, 3.05) is 6.54 Å². The number of hydrogen-bond donors (Lipinski definition) is 1. The fraction of sp³-hybridized carbons (Fsp3) is 0.333. The van der Waals surface area contributed by atoms with Crippen LogP contribution in [0.2, 0.25) is 10.0 Å². The third kappa shape index (κ3) is 4.71. The fourth-order valence-electron chi connectivity index (χ4n) is 1.79. The molecule has 5 heteroatoms. The molecule has 0 aliphatic rings. The van der Waals surface area contributed by atoms with E-state index in [4.69, 9.17) is 27.6 Å². The molecule has 0 amide bonds. The van der Waals surface area contributed by atoms with Gasteiger partial charge in [0.05, 0.1) is 11.6 Å². The predicted molar refractivity (Wildman–Crippen MR) is 88.0 cm³/mol. The maximum Gasteiger partial charge on any atom is 0.135 e. The van der Waals surface area contributed by atoms with Crippen molar-refractivity contribution in [3.05, 3.63) is 46.1 Å². The van der Waals surface area contributed by atoms with Crippen LogP contribution in [-0.4, -0.2) is 6.54 Å². The Kier molecular flexibility index (Phi) is 6.90. The second kappa shape index (κ2) is 7.94. The molecule has 2 rings (SSSR count). The summed E-state index contributed by atoms with van der Waals surface area (Å²) >= 11 is 12.0. The van der Waals surface area contributed by atoms with Gasteiger partial charge in [-0.1, -0.05) is 37.0 Å². The van der Waals surface area contributed by atoms with Gasteiger partial charge in [0.15, 0.2) is 0 Å². The highest BCUT2D eigenvalue weighted by Crippen LogP contribution is 2.31. The Bertz CT molecular complexity index is 552. The molecule has 2 aromatic rings. The van der Waals surface area contributed by atoms with E-state index in [9.17, 15) is 0 Å². The van der Waals surface area contributed by atoms with Crippen LogP contribution >= 0.6 is 35.6 Å². The van der Waals surface area contributed by atoms with E-state index in [2.05, 4.69) is 19.2 Å². The van der Waals surface area contributed by atoms with Crippen molar-refractivity contribution in [3.63, 3.8) is 0 Å². The average Bonchev–Trinajstić information content (AvgIpc) is 2.77. The highest BCUT2D eigenvalue weighted by atomic mass is 35.5. The molecule has 0 spiro atoms. The quantitative estimate of drug-likeness (QED) is 0.789. The molecular weight excluding hydrogens is 317 g/mol. The summed E-state index contributed by atoms with van der Waals surface area (Å²) in [5.41, 5.74) is 0.862. The summed E-state index contributed by atoms with van der Waals surface area (Å²) in [6.07, 6.45) is 0. The summed E-state index contributed by atoms with van der Waals surface area (Å²) in [5.74, 6) is 2.30. The van der Waals surface area contributed by atoms with Gasteiger partial charge in [-0.15, -0.1) is 12.4 Å². The van der Waals surface area contributed by atoms with Crippen LogP contribution in [0.15, 0.2) is 34.7 Å². The lowest BCUT2D eigenvalue weighted by Gasteiger charge is -2.05. The molecule has 1 aromatic carbocycles. The van der Waals surface area contributed by atoms with Crippen LogP contribution in [0.3, 0.4) is 0 Å². The minimum absolute atomic E-state index is 0. The van der Waals surface area contributed by atoms with Crippen molar-refractivity contribution >= 4 is 35.6 Å². The van der Waals surface area contributed by atoms with E-state index >= 15 is 0 Å².